The third-order valence-electron chi connectivity index (χ3n) is 3.43. The van der Waals surface area contributed by atoms with Gasteiger partial charge >= 0.3 is 0 Å². The first kappa shape index (κ1) is 14.5. The Balaban J connectivity index is 0.00000144. The van der Waals surface area contributed by atoms with Gasteiger partial charge in [-0.25, -0.2) is 0 Å². The second kappa shape index (κ2) is 7.70. The Morgan fingerprint density at radius 1 is 1.06 bits per heavy atom. The Hall–Kier alpha value is -0.570. The molecule has 17 heavy (non-hydrogen) atoms. The van der Waals surface area contributed by atoms with E-state index in [9.17, 15) is 5.11 Å². The van der Waals surface area contributed by atoms with Crippen LogP contribution in [0.3, 0.4) is 0 Å². The molecule has 1 atom stereocenters. The van der Waals surface area contributed by atoms with E-state index in [0.717, 1.165) is 19.5 Å². The molecule has 1 aliphatic heterocycles. The Bertz CT molecular complexity index is 298. The quantitative estimate of drug-likeness (QED) is 0.894. The average Bonchev–Trinajstić information content (AvgIpc) is 2.38. The molecule has 1 saturated heterocycles. The van der Waals surface area contributed by atoms with Crippen LogP contribution in [0.4, 0.5) is 0 Å². The lowest BCUT2D eigenvalue weighted by Gasteiger charge is -2.33. The number of halogens is 1. The van der Waals surface area contributed by atoms with Crippen LogP contribution < -0.4 is 0 Å². The van der Waals surface area contributed by atoms with Crippen molar-refractivity contribution in [3.05, 3.63) is 35.9 Å². The first-order valence-electron chi connectivity index (χ1n) is 6.29. The largest absolute Gasteiger partial charge is 0.395 e. The second-order valence-electron chi connectivity index (χ2n) is 4.62. The third-order valence-corrected chi connectivity index (χ3v) is 3.43. The molecule has 0 aliphatic carbocycles. The van der Waals surface area contributed by atoms with E-state index in [1.54, 1.807) is 0 Å². The van der Waals surface area contributed by atoms with Gasteiger partial charge in [0.2, 0.25) is 0 Å². The van der Waals surface area contributed by atoms with Gasteiger partial charge in [0.1, 0.15) is 0 Å². The number of piperidine rings is 1. The topological polar surface area (TPSA) is 23.5 Å². The van der Waals surface area contributed by atoms with Crippen LogP contribution in [-0.2, 0) is 6.42 Å². The summed E-state index contributed by atoms with van der Waals surface area (Å²) >= 11 is 0. The molecule has 96 valence electrons. The Kier molecular flexibility index (Phi) is 6.56. The molecule has 1 N–H and O–H groups in total. The van der Waals surface area contributed by atoms with Crippen LogP contribution in [0.1, 0.15) is 24.8 Å². The Labute approximate surface area is 110 Å². The molecule has 0 aromatic heterocycles. The standard InChI is InChI=1S/C14H21NO.ClH/c16-12-14(15-9-5-2-6-10-15)11-13-7-3-1-4-8-13;/h1,3-4,7-8,14,16H,2,5-6,9-12H2;1H. The van der Waals surface area contributed by atoms with Crippen LogP contribution in [0.2, 0.25) is 0 Å². The number of aliphatic hydroxyl groups excluding tert-OH is 1. The zero-order chi connectivity index (χ0) is 11.2. The maximum absolute atomic E-state index is 9.50. The monoisotopic (exact) mass is 255 g/mol. The predicted molar refractivity (Wildman–Crippen MR) is 73.7 cm³/mol. The smallest absolute Gasteiger partial charge is 0.0590 e. The van der Waals surface area contributed by atoms with Crippen LogP contribution in [0.15, 0.2) is 30.3 Å². The number of benzene rings is 1. The van der Waals surface area contributed by atoms with Crippen LogP contribution >= 0.6 is 12.4 Å². The lowest BCUT2D eigenvalue weighted by atomic mass is 10.0. The molecular formula is C14H22ClNO. The molecule has 2 rings (SSSR count). The van der Waals surface area contributed by atoms with E-state index in [0.29, 0.717) is 6.04 Å². The number of nitrogens with zero attached hydrogens (tertiary/aromatic N) is 1. The van der Waals surface area contributed by atoms with E-state index in [1.165, 1.54) is 24.8 Å². The van der Waals surface area contributed by atoms with Crippen LogP contribution in [0.5, 0.6) is 0 Å². The minimum absolute atomic E-state index is 0. The van der Waals surface area contributed by atoms with Gasteiger partial charge in [-0.1, -0.05) is 36.8 Å². The maximum atomic E-state index is 9.50. The molecule has 0 amide bonds. The van der Waals surface area contributed by atoms with Gasteiger partial charge < -0.3 is 5.11 Å². The lowest BCUT2D eigenvalue weighted by molar-refractivity contribution is 0.104. The molecular weight excluding hydrogens is 234 g/mol. The minimum atomic E-state index is 0. The molecule has 0 saturated carbocycles. The first-order chi connectivity index (χ1) is 7.90. The second-order valence-corrected chi connectivity index (χ2v) is 4.62. The van der Waals surface area contributed by atoms with Gasteiger partial charge in [-0.15, -0.1) is 12.4 Å². The molecule has 1 heterocycles. The number of likely N-dealkylation sites (tertiary alicyclic amines) is 1. The van der Waals surface area contributed by atoms with E-state index >= 15 is 0 Å². The SMILES string of the molecule is Cl.OCC(Cc1ccccc1)N1CCCCC1. The van der Waals surface area contributed by atoms with Crippen molar-refractivity contribution in [2.75, 3.05) is 19.7 Å². The molecule has 0 spiro atoms. The zero-order valence-electron chi connectivity index (χ0n) is 10.2. The molecule has 1 aliphatic rings. The predicted octanol–water partition coefficient (Wildman–Crippen LogP) is 2.50. The third kappa shape index (κ3) is 4.30. The summed E-state index contributed by atoms with van der Waals surface area (Å²) in [6.07, 6.45) is 4.88. The summed E-state index contributed by atoms with van der Waals surface area (Å²) < 4.78 is 0. The van der Waals surface area contributed by atoms with Gasteiger partial charge in [0, 0.05) is 6.04 Å². The van der Waals surface area contributed by atoms with E-state index in [1.807, 2.05) is 6.07 Å². The molecule has 1 fully saturated rings. The van der Waals surface area contributed by atoms with Gasteiger partial charge in [-0.2, -0.15) is 0 Å². The van der Waals surface area contributed by atoms with Gasteiger partial charge in [-0.3, -0.25) is 4.90 Å². The molecule has 3 heteroatoms. The van der Waals surface area contributed by atoms with Crippen molar-refractivity contribution in [1.29, 1.82) is 0 Å². The molecule has 0 radical (unpaired) electrons. The van der Waals surface area contributed by atoms with Crippen LogP contribution in [-0.4, -0.2) is 35.7 Å². The number of hydrogen-bond donors (Lipinski definition) is 1. The van der Waals surface area contributed by atoms with Gasteiger partial charge in [-0.05, 0) is 37.9 Å². The lowest BCUT2D eigenvalue weighted by Crippen LogP contribution is -2.42. The average molecular weight is 256 g/mol. The van der Waals surface area contributed by atoms with Crippen molar-refractivity contribution in [2.24, 2.45) is 0 Å². The fraction of sp³-hybridized carbons (Fsp3) is 0.571. The summed E-state index contributed by atoms with van der Waals surface area (Å²) in [6.45, 7) is 2.57. The molecule has 0 bridgehead atoms. The molecule has 1 aromatic rings. The van der Waals surface area contributed by atoms with Crippen molar-refractivity contribution in [1.82, 2.24) is 4.90 Å². The Morgan fingerprint density at radius 3 is 2.29 bits per heavy atom. The van der Waals surface area contributed by atoms with E-state index < -0.39 is 0 Å². The summed E-state index contributed by atoms with van der Waals surface area (Å²) in [5, 5.41) is 9.50. The van der Waals surface area contributed by atoms with Gasteiger partial charge in [0.05, 0.1) is 6.61 Å². The van der Waals surface area contributed by atoms with E-state index in [2.05, 4.69) is 29.2 Å². The van der Waals surface area contributed by atoms with E-state index in [-0.39, 0.29) is 19.0 Å². The first-order valence-corrected chi connectivity index (χ1v) is 6.29. The minimum Gasteiger partial charge on any atom is -0.395 e. The number of hydrogen-bond acceptors (Lipinski definition) is 2. The molecule has 1 aromatic carbocycles. The number of aliphatic hydroxyl groups is 1. The maximum Gasteiger partial charge on any atom is 0.0590 e. The fourth-order valence-corrected chi connectivity index (χ4v) is 2.48. The summed E-state index contributed by atoms with van der Waals surface area (Å²) in [5.74, 6) is 0. The van der Waals surface area contributed by atoms with Gasteiger partial charge in [0.25, 0.3) is 0 Å². The highest BCUT2D eigenvalue weighted by Crippen LogP contribution is 2.15. The van der Waals surface area contributed by atoms with Gasteiger partial charge in [0.15, 0.2) is 0 Å². The number of rotatable bonds is 4. The van der Waals surface area contributed by atoms with Crippen molar-refractivity contribution >= 4 is 12.4 Å². The fourth-order valence-electron chi connectivity index (χ4n) is 2.48. The van der Waals surface area contributed by atoms with E-state index in [4.69, 9.17) is 0 Å². The summed E-state index contributed by atoms with van der Waals surface area (Å²) in [5.41, 5.74) is 1.33. The summed E-state index contributed by atoms with van der Waals surface area (Å²) in [6, 6.07) is 10.8. The highest BCUT2D eigenvalue weighted by atomic mass is 35.5. The normalized spacial score (nSPS) is 18.4. The zero-order valence-corrected chi connectivity index (χ0v) is 11.0. The highest BCUT2D eigenvalue weighted by Gasteiger charge is 2.19. The molecule has 1 unspecified atom stereocenters. The molecule has 2 nitrogen and oxygen atoms in total. The van der Waals surface area contributed by atoms with Crippen LogP contribution in [0.25, 0.3) is 0 Å². The summed E-state index contributed by atoms with van der Waals surface area (Å²) in [7, 11) is 0. The van der Waals surface area contributed by atoms with Crippen molar-refractivity contribution in [3.63, 3.8) is 0 Å². The van der Waals surface area contributed by atoms with Crippen molar-refractivity contribution in [2.45, 2.75) is 31.7 Å². The van der Waals surface area contributed by atoms with Crippen molar-refractivity contribution < 1.29 is 5.11 Å². The highest BCUT2D eigenvalue weighted by molar-refractivity contribution is 5.85. The summed E-state index contributed by atoms with van der Waals surface area (Å²) in [4.78, 5) is 2.44. The van der Waals surface area contributed by atoms with Crippen molar-refractivity contribution in [3.8, 4) is 0 Å². The van der Waals surface area contributed by atoms with Crippen LogP contribution in [0, 0.1) is 0 Å². The Morgan fingerprint density at radius 2 is 1.71 bits per heavy atom.